The first-order chi connectivity index (χ1) is 13.3. The minimum Gasteiger partial charge on any atom is -0.476 e. The third-order valence-corrected chi connectivity index (χ3v) is 4.76. The van der Waals surface area contributed by atoms with Crippen molar-refractivity contribution in [3.8, 4) is 16.9 Å². The number of amides is 1. The largest absolute Gasteiger partial charge is 0.476 e. The number of carbonyl (C=O) groups excluding carboxylic acids is 1. The number of aryl methyl sites for hydroxylation is 1. The molecule has 0 bridgehead atoms. The molecule has 0 atom stereocenters. The van der Waals surface area contributed by atoms with E-state index in [1.807, 2.05) is 25.1 Å². The number of carbonyl (C=O) groups is 1. The second-order valence-corrected chi connectivity index (χ2v) is 7.24. The second kappa shape index (κ2) is 7.63. The average molecular weight is 385 g/mol. The molecule has 0 unspecified atom stereocenters. The molecule has 2 heterocycles. The number of methoxy groups -OCH3 is 1. The maximum absolute atomic E-state index is 13.0. The number of benzene rings is 1. The van der Waals surface area contributed by atoms with Gasteiger partial charge in [0.05, 0.1) is 11.4 Å². The van der Waals surface area contributed by atoms with Crippen molar-refractivity contribution in [1.82, 2.24) is 9.97 Å². The summed E-state index contributed by atoms with van der Waals surface area (Å²) in [6.07, 6.45) is 1.37. The van der Waals surface area contributed by atoms with E-state index in [0.717, 1.165) is 23.2 Å². The summed E-state index contributed by atoms with van der Waals surface area (Å²) in [5.41, 5.74) is 14.0. The van der Waals surface area contributed by atoms with Gasteiger partial charge in [-0.05, 0) is 44.4 Å². The van der Waals surface area contributed by atoms with Crippen LogP contribution in [0.25, 0.3) is 11.1 Å². The minimum atomic E-state index is -0.931. The van der Waals surface area contributed by atoms with Crippen molar-refractivity contribution in [2.45, 2.75) is 39.2 Å². The Hall–Kier alpha value is -2.87. The monoisotopic (exact) mass is 385 g/mol. The molecule has 8 nitrogen and oxygen atoms in total. The van der Waals surface area contributed by atoms with Crippen molar-refractivity contribution in [2.75, 3.05) is 36.6 Å². The van der Waals surface area contributed by atoms with E-state index < -0.39 is 5.60 Å². The first-order valence-corrected chi connectivity index (χ1v) is 9.34. The molecule has 1 aromatic heterocycles. The highest BCUT2D eigenvalue weighted by Crippen LogP contribution is 2.41. The fraction of sp³-hybridized carbons (Fsp3) is 0.450. The van der Waals surface area contributed by atoms with Gasteiger partial charge in [0.2, 0.25) is 5.95 Å². The lowest BCUT2D eigenvalue weighted by atomic mass is 9.98. The number of nitrogens with two attached hydrogens (primary N) is 2. The third kappa shape index (κ3) is 3.60. The van der Waals surface area contributed by atoms with Gasteiger partial charge in [0.1, 0.15) is 11.6 Å². The molecule has 1 aromatic carbocycles. The smallest absolute Gasteiger partial charge is 0.270 e. The maximum atomic E-state index is 13.0. The number of fused-ring (bicyclic) bond motifs is 1. The first kappa shape index (κ1) is 19.9. The Labute approximate surface area is 164 Å². The lowest BCUT2D eigenvalue weighted by Crippen LogP contribution is -2.52. The molecule has 1 amide bonds. The second-order valence-electron chi connectivity index (χ2n) is 7.24. The minimum absolute atomic E-state index is 0.0921. The van der Waals surface area contributed by atoms with Crippen molar-refractivity contribution in [3.63, 3.8) is 0 Å². The number of hydrogen-bond donors (Lipinski definition) is 2. The number of aromatic nitrogens is 2. The highest BCUT2D eigenvalue weighted by molar-refractivity contribution is 6.03. The van der Waals surface area contributed by atoms with E-state index in [-0.39, 0.29) is 11.9 Å². The molecule has 0 saturated carbocycles. The fourth-order valence-corrected chi connectivity index (χ4v) is 3.43. The summed E-state index contributed by atoms with van der Waals surface area (Å²) in [7, 11) is 1.65. The van der Waals surface area contributed by atoms with E-state index in [1.54, 1.807) is 25.9 Å². The van der Waals surface area contributed by atoms with Crippen LogP contribution in [-0.4, -0.2) is 41.7 Å². The topological polar surface area (TPSA) is 117 Å². The standard InChI is InChI=1S/C20H27N5O3/c1-5-13-16(17(21)24-19(22)23-13)12-7-8-15-14(11-12)25(9-6-10-27-4)18(26)20(2,3)28-15/h7-8,11H,5-6,9-10H2,1-4H3,(H4,21,22,23,24). The highest BCUT2D eigenvalue weighted by Gasteiger charge is 2.40. The van der Waals surface area contributed by atoms with Crippen molar-refractivity contribution in [3.05, 3.63) is 23.9 Å². The highest BCUT2D eigenvalue weighted by atomic mass is 16.5. The van der Waals surface area contributed by atoms with Crippen molar-refractivity contribution < 1.29 is 14.3 Å². The normalized spacial score (nSPS) is 15.3. The maximum Gasteiger partial charge on any atom is 0.270 e. The van der Waals surface area contributed by atoms with E-state index in [9.17, 15) is 4.79 Å². The van der Waals surface area contributed by atoms with Gasteiger partial charge in [-0.1, -0.05) is 13.0 Å². The van der Waals surface area contributed by atoms with Crippen LogP contribution < -0.4 is 21.1 Å². The summed E-state index contributed by atoms with van der Waals surface area (Å²) in [4.78, 5) is 23.2. The van der Waals surface area contributed by atoms with Gasteiger partial charge in [0.25, 0.3) is 5.91 Å². The SMILES string of the molecule is CCc1nc(N)nc(N)c1-c1ccc2c(c1)N(CCCOC)C(=O)C(C)(C)O2. The van der Waals surface area contributed by atoms with Gasteiger partial charge < -0.3 is 25.8 Å². The summed E-state index contributed by atoms with van der Waals surface area (Å²) in [6.45, 7) is 6.63. The predicted octanol–water partition coefficient (Wildman–Crippen LogP) is 2.41. The zero-order chi connectivity index (χ0) is 20.5. The molecule has 1 aliphatic rings. The zero-order valence-electron chi connectivity index (χ0n) is 16.8. The molecular weight excluding hydrogens is 358 g/mol. The van der Waals surface area contributed by atoms with Crippen LogP contribution in [0.3, 0.4) is 0 Å². The summed E-state index contributed by atoms with van der Waals surface area (Å²) < 4.78 is 11.1. The van der Waals surface area contributed by atoms with Gasteiger partial charge >= 0.3 is 0 Å². The van der Waals surface area contributed by atoms with Gasteiger partial charge in [-0.25, -0.2) is 4.98 Å². The predicted molar refractivity (Wildman–Crippen MR) is 109 cm³/mol. The van der Waals surface area contributed by atoms with E-state index in [1.165, 1.54) is 0 Å². The molecule has 2 aromatic rings. The van der Waals surface area contributed by atoms with Crippen LogP contribution in [0.5, 0.6) is 5.75 Å². The third-order valence-electron chi connectivity index (χ3n) is 4.76. The summed E-state index contributed by atoms with van der Waals surface area (Å²) in [6, 6.07) is 5.67. The fourth-order valence-electron chi connectivity index (χ4n) is 3.43. The molecule has 8 heteroatoms. The molecule has 0 aliphatic carbocycles. The summed E-state index contributed by atoms with van der Waals surface area (Å²) in [5.74, 6) is 1.03. The van der Waals surface area contributed by atoms with Crippen LogP contribution in [-0.2, 0) is 16.0 Å². The van der Waals surface area contributed by atoms with Crippen LogP contribution in [0.15, 0.2) is 18.2 Å². The molecule has 0 fully saturated rings. The number of nitrogens with zero attached hydrogens (tertiary/aromatic N) is 3. The van der Waals surface area contributed by atoms with E-state index in [0.29, 0.717) is 36.8 Å². The van der Waals surface area contributed by atoms with Crippen molar-refractivity contribution >= 4 is 23.4 Å². The van der Waals surface area contributed by atoms with Crippen LogP contribution in [0.2, 0.25) is 0 Å². The number of anilines is 3. The van der Waals surface area contributed by atoms with Crippen LogP contribution in [0, 0.1) is 0 Å². The van der Waals surface area contributed by atoms with E-state index in [4.69, 9.17) is 20.9 Å². The molecule has 0 saturated heterocycles. The van der Waals surface area contributed by atoms with Gasteiger partial charge in [0.15, 0.2) is 5.60 Å². The van der Waals surface area contributed by atoms with E-state index >= 15 is 0 Å². The zero-order valence-corrected chi connectivity index (χ0v) is 16.8. The Balaban J connectivity index is 2.10. The Bertz CT molecular complexity index is 898. The lowest BCUT2D eigenvalue weighted by Gasteiger charge is -2.39. The Morgan fingerprint density at radius 3 is 2.68 bits per heavy atom. The summed E-state index contributed by atoms with van der Waals surface area (Å²) in [5, 5.41) is 0. The molecule has 28 heavy (non-hydrogen) atoms. The Morgan fingerprint density at radius 2 is 2.00 bits per heavy atom. The number of nitrogen functional groups attached to an aromatic ring is 2. The van der Waals surface area contributed by atoms with E-state index in [2.05, 4.69) is 9.97 Å². The van der Waals surface area contributed by atoms with Gasteiger partial charge in [-0.15, -0.1) is 0 Å². The first-order valence-electron chi connectivity index (χ1n) is 9.34. The quantitative estimate of drug-likeness (QED) is 0.733. The molecule has 4 N–H and O–H groups in total. The number of rotatable bonds is 6. The summed E-state index contributed by atoms with van der Waals surface area (Å²) >= 11 is 0. The molecule has 1 aliphatic heterocycles. The van der Waals surface area contributed by atoms with Gasteiger partial charge in [0, 0.05) is 25.8 Å². The average Bonchev–Trinajstić information content (AvgIpc) is 2.64. The number of hydrogen-bond acceptors (Lipinski definition) is 7. The lowest BCUT2D eigenvalue weighted by molar-refractivity contribution is -0.132. The van der Waals surface area contributed by atoms with Crippen molar-refractivity contribution in [2.24, 2.45) is 0 Å². The van der Waals surface area contributed by atoms with Crippen LogP contribution in [0.1, 0.15) is 32.9 Å². The van der Waals surface area contributed by atoms with Crippen LogP contribution in [0.4, 0.5) is 17.5 Å². The number of ether oxygens (including phenoxy) is 2. The molecular formula is C20H27N5O3. The molecule has 150 valence electrons. The molecule has 0 spiro atoms. The van der Waals surface area contributed by atoms with Gasteiger partial charge in [-0.2, -0.15) is 4.98 Å². The molecule has 3 rings (SSSR count). The Kier molecular flexibility index (Phi) is 5.42. The van der Waals surface area contributed by atoms with Gasteiger partial charge in [-0.3, -0.25) is 4.79 Å². The molecule has 0 radical (unpaired) electrons. The van der Waals surface area contributed by atoms with Crippen molar-refractivity contribution in [1.29, 1.82) is 0 Å². The Morgan fingerprint density at radius 1 is 1.25 bits per heavy atom. The van der Waals surface area contributed by atoms with Crippen LogP contribution >= 0.6 is 0 Å².